The molecule has 2 unspecified atom stereocenters. The summed E-state index contributed by atoms with van der Waals surface area (Å²) in [5.41, 5.74) is 4.71. The quantitative estimate of drug-likeness (QED) is 0.154. The zero-order valence-corrected chi connectivity index (χ0v) is 26.8. The van der Waals surface area contributed by atoms with Crippen LogP contribution in [0.4, 0.5) is 17.1 Å². The maximum atomic E-state index is 13.2. The van der Waals surface area contributed by atoms with E-state index in [0.717, 1.165) is 22.6 Å². The second-order valence-corrected chi connectivity index (χ2v) is 12.9. The van der Waals surface area contributed by atoms with Crippen molar-refractivity contribution in [1.29, 1.82) is 0 Å². The van der Waals surface area contributed by atoms with Gasteiger partial charge in [-0.3, -0.25) is 9.59 Å². The lowest BCUT2D eigenvalue weighted by Crippen LogP contribution is -2.18. The molecular formula is C32H26Cl5N3O3. The van der Waals surface area contributed by atoms with E-state index in [-0.39, 0.29) is 10.6 Å². The Balaban J connectivity index is 1.23. The number of ether oxygens (including phenoxy) is 1. The lowest BCUT2D eigenvalue weighted by Gasteiger charge is -2.13. The van der Waals surface area contributed by atoms with Crippen molar-refractivity contribution in [2.24, 2.45) is 5.92 Å². The van der Waals surface area contributed by atoms with Crippen LogP contribution in [0.1, 0.15) is 33.0 Å². The van der Waals surface area contributed by atoms with Crippen LogP contribution in [0.2, 0.25) is 15.1 Å². The average molecular weight is 678 g/mol. The zero-order valence-electron chi connectivity index (χ0n) is 23.0. The van der Waals surface area contributed by atoms with E-state index in [1.54, 1.807) is 37.4 Å². The fraction of sp³-hybridized carbons (Fsp3) is 0.188. The molecule has 5 rings (SSSR count). The molecule has 0 spiro atoms. The number of anilines is 3. The van der Waals surface area contributed by atoms with Gasteiger partial charge in [0.05, 0.1) is 23.6 Å². The predicted octanol–water partition coefficient (Wildman–Crippen LogP) is 9.35. The fourth-order valence-electron chi connectivity index (χ4n) is 4.87. The third-order valence-electron chi connectivity index (χ3n) is 7.19. The van der Waals surface area contributed by atoms with E-state index in [0.29, 0.717) is 33.5 Å². The van der Waals surface area contributed by atoms with Gasteiger partial charge in [-0.25, -0.2) is 0 Å². The van der Waals surface area contributed by atoms with Crippen LogP contribution in [0.15, 0.2) is 78.9 Å². The summed E-state index contributed by atoms with van der Waals surface area (Å²) in [4.78, 5) is 26.4. The molecule has 222 valence electrons. The van der Waals surface area contributed by atoms with Crippen LogP contribution in [0, 0.1) is 12.8 Å². The van der Waals surface area contributed by atoms with Crippen LogP contribution in [0.3, 0.4) is 0 Å². The highest BCUT2D eigenvalue weighted by Gasteiger charge is 2.67. The van der Waals surface area contributed by atoms with Gasteiger partial charge in [-0.2, -0.15) is 0 Å². The summed E-state index contributed by atoms with van der Waals surface area (Å²) in [5.74, 6) is -1.29. The summed E-state index contributed by atoms with van der Waals surface area (Å²) in [6, 6.07) is 23.1. The number of nitrogens with one attached hydrogen (secondary N) is 3. The summed E-state index contributed by atoms with van der Waals surface area (Å²) in [6.07, 6.45) is 0. The number of rotatable bonds is 9. The highest BCUT2D eigenvalue weighted by molar-refractivity contribution is 6.53. The van der Waals surface area contributed by atoms with E-state index in [1.165, 1.54) is 6.07 Å². The van der Waals surface area contributed by atoms with Crippen molar-refractivity contribution >= 4 is 86.9 Å². The number of halogens is 5. The first-order chi connectivity index (χ1) is 20.5. The van der Waals surface area contributed by atoms with Crippen LogP contribution < -0.4 is 20.7 Å². The van der Waals surface area contributed by atoms with Gasteiger partial charge in [0.25, 0.3) is 5.91 Å². The topological polar surface area (TPSA) is 79.5 Å². The highest BCUT2D eigenvalue weighted by atomic mass is 35.5. The maximum absolute atomic E-state index is 13.2. The Kier molecular flexibility index (Phi) is 9.35. The largest absolute Gasteiger partial charge is 0.497 e. The molecule has 1 aliphatic rings. The minimum Gasteiger partial charge on any atom is -0.497 e. The molecule has 4 aromatic rings. The van der Waals surface area contributed by atoms with Crippen LogP contribution in [0.25, 0.3) is 0 Å². The Morgan fingerprint density at radius 1 is 0.837 bits per heavy atom. The van der Waals surface area contributed by atoms with E-state index in [4.69, 9.17) is 62.7 Å². The normalized spacial score (nSPS) is 16.7. The number of aryl methyl sites for hydroxylation is 1. The number of amides is 2. The van der Waals surface area contributed by atoms with Crippen LogP contribution in [0.5, 0.6) is 5.75 Å². The molecule has 2 amide bonds. The molecule has 0 saturated heterocycles. The minimum absolute atomic E-state index is 0.192. The van der Waals surface area contributed by atoms with E-state index in [1.807, 2.05) is 49.4 Å². The molecule has 6 nitrogen and oxygen atoms in total. The third kappa shape index (κ3) is 7.17. The first-order valence-corrected chi connectivity index (χ1v) is 15.1. The summed E-state index contributed by atoms with van der Waals surface area (Å²) in [5, 5.41) is 10.1. The number of hydrogen-bond acceptors (Lipinski definition) is 4. The van der Waals surface area contributed by atoms with Crippen molar-refractivity contribution in [2.75, 3.05) is 23.1 Å². The molecule has 4 aromatic carbocycles. The van der Waals surface area contributed by atoms with Crippen molar-refractivity contribution in [1.82, 2.24) is 0 Å². The fourth-order valence-corrected chi connectivity index (χ4v) is 6.44. The van der Waals surface area contributed by atoms with E-state index in [2.05, 4.69) is 16.0 Å². The van der Waals surface area contributed by atoms with Gasteiger partial charge in [-0.15, -0.1) is 23.2 Å². The monoisotopic (exact) mass is 675 g/mol. The van der Waals surface area contributed by atoms with E-state index >= 15 is 0 Å². The number of alkyl halides is 2. The van der Waals surface area contributed by atoms with Crippen molar-refractivity contribution in [2.45, 2.75) is 23.7 Å². The second-order valence-electron chi connectivity index (χ2n) is 10.2. The molecule has 11 heteroatoms. The molecular weight excluding hydrogens is 652 g/mol. The zero-order chi connectivity index (χ0) is 30.9. The lowest BCUT2D eigenvalue weighted by atomic mass is 10.1. The molecule has 1 saturated carbocycles. The predicted molar refractivity (Wildman–Crippen MR) is 177 cm³/mol. The third-order valence-corrected chi connectivity index (χ3v) is 8.90. The van der Waals surface area contributed by atoms with E-state index in [9.17, 15) is 9.59 Å². The lowest BCUT2D eigenvalue weighted by molar-refractivity contribution is -0.117. The summed E-state index contributed by atoms with van der Waals surface area (Å²) in [7, 11) is 1.63. The molecule has 1 aliphatic carbocycles. The molecule has 0 aliphatic heterocycles. The second kappa shape index (κ2) is 12.8. The number of carbonyl (C=O) groups excluding carboxylic acids is 2. The first-order valence-electron chi connectivity index (χ1n) is 13.2. The molecule has 43 heavy (non-hydrogen) atoms. The van der Waals surface area contributed by atoms with Crippen LogP contribution in [-0.2, 0) is 11.3 Å². The van der Waals surface area contributed by atoms with Crippen molar-refractivity contribution < 1.29 is 14.3 Å². The van der Waals surface area contributed by atoms with Gasteiger partial charge >= 0.3 is 0 Å². The molecule has 0 radical (unpaired) electrons. The SMILES string of the molecule is COc1ccc(CNc2ccc(NC(=O)c3cc(NC(=O)C4C(c5cc(Cl)cc(Cl)c5)C4(Cl)Cl)ccc3Cl)c(C)c2)cc1. The maximum Gasteiger partial charge on any atom is 0.257 e. The van der Waals surface area contributed by atoms with Gasteiger partial charge in [0.1, 0.15) is 10.1 Å². The highest BCUT2D eigenvalue weighted by Crippen LogP contribution is 2.65. The number of methoxy groups -OCH3 is 1. The Hall–Kier alpha value is -3.13. The van der Waals surface area contributed by atoms with Crippen molar-refractivity contribution in [3.05, 3.63) is 116 Å². The molecule has 1 fully saturated rings. The number of carbonyl (C=O) groups is 2. The van der Waals surface area contributed by atoms with Crippen molar-refractivity contribution in [3.63, 3.8) is 0 Å². The van der Waals surface area contributed by atoms with Gasteiger partial charge in [-0.1, -0.05) is 46.9 Å². The Labute approximate surface area is 274 Å². The molecule has 0 bridgehead atoms. The van der Waals surface area contributed by atoms with Gasteiger partial charge in [-0.05, 0) is 90.3 Å². The standard InChI is InChI=1S/C32H26Cl5N3O3/c1-17-11-22(38-16-18-3-7-24(43-2)8-4-18)6-10-27(17)40-30(41)25-15-23(5-9-26(25)35)39-31(42)29-28(32(29,36)37)19-12-20(33)14-21(34)13-19/h3-15,28-29,38H,16H2,1-2H3,(H,39,42)(H,40,41). The first kappa shape index (κ1) is 31.3. The number of benzene rings is 4. The summed E-state index contributed by atoms with van der Waals surface area (Å²) < 4.78 is 3.87. The average Bonchev–Trinajstić information content (AvgIpc) is 3.55. The molecule has 3 N–H and O–H groups in total. The van der Waals surface area contributed by atoms with E-state index < -0.39 is 28.0 Å². The number of hydrogen-bond donors (Lipinski definition) is 3. The Bertz CT molecular complexity index is 1670. The smallest absolute Gasteiger partial charge is 0.257 e. The van der Waals surface area contributed by atoms with Gasteiger partial charge in [0, 0.05) is 39.6 Å². The van der Waals surface area contributed by atoms with Crippen LogP contribution in [-0.4, -0.2) is 23.3 Å². The van der Waals surface area contributed by atoms with Gasteiger partial charge in [0.2, 0.25) is 5.91 Å². The van der Waals surface area contributed by atoms with Gasteiger partial charge in [0.15, 0.2) is 0 Å². The molecule has 0 aromatic heterocycles. The van der Waals surface area contributed by atoms with Gasteiger partial charge < -0.3 is 20.7 Å². The van der Waals surface area contributed by atoms with Crippen LogP contribution >= 0.6 is 58.0 Å². The summed E-state index contributed by atoms with van der Waals surface area (Å²) in [6.45, 7) is 2.53. The summed E-state index contributed by atoms with van der Waals surface area (Å²) >= 11 is 31.6. The minimum atomic E-state index is -1.34. The van der Waals surface area contributed by atoms with Crippen molar-refractivity contribution in [3.8, 4) is 5.75 Å². The Morgan fingerprint density at radius 3 is 2.16 bits per heavy atom. The molecule has 0 heterocycles. The Morgan fingerprint density at radius 2 is 1.51 bits per heavy atom. The molecule has 2 atom stereocenters.